The van der Waals surface area contributed by atoms with E-state index in [-0.39, 0.29) is 12.2 Å². The van der Waals surface area contributed by atoms with Crippen LogP contribution in [0.4, 0.5) is 0 Å². The average molecular weight is 194 g/mol. The summed E-state index contributed by atoms with van der Waals surface area (Å²) in [4.78, 5) is 28.4. The zero-order valence-electron chi connectivity index (χ0n) is 7.36. The Morgan fingerprint density at radius 2 is 1.92 bits per heavy atom. The molecule has 0 fully saturated rings. The smallest absolute Gasteiger partial charge is 0.324 e. The molecule has 0 saturated heterocycles. The second-order valence-electron chi connectivity index (χ2n) is 2.75. The predicted octanol–water partition coefficient (Wildman–Crippen LogP) is 1.31. The van der Waals surface area contributed by atoms with Gasteiger partial charge in [0.1, 0.15) is 5.78 Å². The summed E-state index contributed by atoms with van der Waals surface area (Å²) in [6, 6.07) is 0. The van der Waals surface area contributed by atoms with Gasteiger partial charge in [-0.15, -0.1) is 0 Å². The van der Waals surface area contributed by atoms with Crippen LogP contribution in [-0.4, -0.2) is 21.2 Å². The standard InChI is InChI=1S/C7H15O4P/c1-3-6(8)5-7(4-2)12(9,10)11/h7H,3-5H2,1-2H3,(H2,9,10,11). The first-order valence-corrected chi connectivity index (χ1v) is 5.66. The molecule has 12 heavy (non-hydrogen) atoms. The van der Waals surface area contributed by atoms with Crippen molar-refractivity contribution in [2.24, 2.45) is 0 Å². The number of carbonyl (C=O) groups excluding carboxylic acids is 1. The second-order valence-corrected chi connectivity index (χ2v) is 4.66. The minimum absolute atomic E-state index is 0.00270. The fraction of sp³-hybridized carbons (Fsp3) is 0.857. The van der Waals surface area contributed by atoms with Crippen molar-refractivity contribution >= 4 is 13.4 Å². The summed E-state index contributed by atoms with van der Waals surface area (Å²) in [5.41, 5.74) is -0.787. The molecule has 0 rings (SSSR count). The maximum Gasteiger partial charge on any atom is 0.329 e. The van der Waals surface area contributed by atoms with E-state index in [0.29, 0.717) is 12.8 Å². The van der Waals surface area contributed by atoms with Crippen molar-refractivity contribution in [3.8, 4) is 0 Å². The molecule has 1 unspecified atom stereocenters. The quantitative estimate of drug-likeness (QED) is 0.647. The van der Waals surface area contributed by atoms with Gasteiger partial charge < -0.3 is 9.79 Å². The van der Waals surface area contributed by atoms with Gasteiger partial charge >= 0.3 is 7.60 Å². The van der Waals surface area contributed by atoms with Gasteiger partial charge in [0.25, 0.3) is 0 Å². The van der Waals surface area contributed by atoms with E-state index < -0.39 is 13.3 Å². The molecular weight excluding hydrogens is 179 g/mol. The van der Waals surface area contributed by atoms with Crippen LogP contribution < -0.4 is 0 Å². The first-order valence-electron chi connectivity index (χ1n) is 3.98. The molecule has 1 atom stereocenters. The van der Waals surface area contributed by atoms with Crippen LogP contribution in [0.2, 0.25) is 0 Å². The van der Waals surface area contributed by atoms with Gasteiger partial charge in [0.2, 0.25) is 0 Å². The highest BCUT2D eigenvalue weighted by molar-refractivity contribution is 7.52. The summed E-state index contributed by atoms with van der Waals surface area (Å²) >= 11 is 0. The number of Topliss-reactive ketones (excluding diaryl/α,β-unsaturated/α-hetero) is 1. The van der Waals surface area contributed by atoms with Crippen molar-refractivity contribution in [1.82, 2.24) is 0 Å². The number of ketones is 1. The van der Waals surface area contributed by atoms with Crippen LogP contribution in [-0.2, 0) is 9.36 Å². The Bertz CT molecular complexity index is 196. The molecule has 72 valence electrons. The Morgan fingerprint density at radius 1 is 1.42 bits per heavy atom. The maximum absolute atomic E-state index is 10.9. The minimum atomic E-state index is -4.06. The number of rotatable bonds is 5. The highest BCUT2D eigenvalue weighted by Crippen LogP contribution is 2.44. The van der Waals surface area contributed by atoms with Gasteiger partial charge in [-0.1, -0.05) is 13.8 Å². The Morgan fingerprint density at radius 3 is 2.17 bits per heavy atom. The topological polar surface area (TPSA) is 74.6 Å². The van der Waals surface area contributed by atoms with E-state index in [4.69, 9.17) is 9.79 Å². The molecule has 0 aromatic rings. The van der Waals surface area contributed by atoms with Crippen LogP contribution in [0.5, 0.6) is 0 Å². The fourth-order valence-corrected chi connectivity index (χ4v) is 1.83. The van der Waals surface area contributed by atoms with E-state index in [9.17, 15) is 9.36 Å². The zero-order valence-corrected chi connectivity index (χ0v) is 8.25. The summed E-state index contributed by atoms with van der Waals surface area (Å²) in [6.07, 6.45) is 0.684. The highest BCUT2D eigenvalue weighted by Gasteiger charge is 2.28. The molecule has 0 aromatic carbocycles. The molecule has 0 heterocycles. The van der Waals surface area contributed by atoms with E-state index in [1.54, 1.807) is 13.8 Å². The summed E-state index contributed by atoms with van der Waals surface area (Å²) in [6.45, 7) is 3.36. The molecule has 0 aliphatic carbocycles. The van der Waals surface area contributed by atoms with Crippen LogP contribution in [0.25, 0.3) is 0 Å². The van der Waals surface area contributed by atoms with Gasteiger partial charge in [0.15, 0.2) is 0 Å². The summed E-state index contributed by atoms with van der Waals surface area (Å²) in [7, 11) is -4.06. The Hall–Kier alpha value is -0.180. The lowest BCUT2D eigenvalue weighted by atomic mass is 10.1. The van der Waals surface area contributed by atoms with Gasteiger partial charge in [-0.2, -0.15) is 0 Å². The fourth-order valence-electron chi connectivity index (χ4n) is 0.908. The SMILES string of the molecule is CCC(=O)CC(CC)P(=O)(O)O. The molecule has 0 aliphatic heterocycles. The maximum atomic E-state index is 10.9. The number of hydrogen-bond acceptors (Lipinski definition) is 2. The lowest BCUT2D eigenvalue weighted by molar-refractivity contribution is -0.118. The van der Waals surface area contributed by atoms with E-state index in [2.05, 4.69) is 0 Å². The first-order chi connectivity index (χ1) is 5.41. The second kappa shape index (κ2) is 4.75. The molecule has 0 radical (unpaired) electrons. The number of hydrogen-bond donors (Lipinski definition) is 2. The molecule has 0 aromatic heterocycles. The van der Waals surface area contributed by atoms with Crippen molar-refractivity contribution in [2.45, 2.75) is 38.8 Å². The first kappa shape index (κ1) is 11.8. The van der Waals surface area contributed by atoms with Crippen LogP contribution in [0.3, 0.4) is 0 Å². The molecule has 2 N–H and O–H groups in total. The molecule has 0 saturated carbocycles. The molecule has 4 nitrogen and oxygen atoms in total. The van der Waals surface area contributed by atoms with Crippen molar-refractivity contribution in [3.05, 3.63) is 0 Å². The van der Waals surface area contributed by atoms with Crippen molar-refractivity contribution in [3.63, 3.8) is 0 Å². The van der Waals surface area contributed by atoms with Crippen LogP contribution >= 0.6 is 7.60 Å². The van der Waals surface area contributed by atoms with Gasteiger partial charge in [-0.05, 0) is 6.42 Å². The largest absolute Gasteiger partial charge is 0.329 e. The predicted molar refractivity (Wildman–Crippen MR) is 46.0 cm³/mol. The molecule has 5 heteroatoms. The normalized spacial score (nSPS) is 14.3. The van der Waals surface area contributed by atoms with E-state index in [0.717, 1.165) is 0 Å². The van der Waals surface area contributed by atoms with E-state index in [1.807, 2.05) is 0 Å². The molecule has 0 amide bonds. The van der Waals surface area contributed by atoms with Crippen LogP contribution in [0, 0.1) is 0 Å². The highest BCUT2D eigenvalue weighted by atomic mass is 31.2. The third-order valence-electron chi connectivity index (χ3n) is 1.80. The van der Waals surface area contributed by atoms with Gasteiger partial charge in [0.05, 0.1) is 5.66 Å². The summed E-state index contributed by atoms with van der Waals surface area (Å²) < 4.78 is 10.8. The zero-order chi connectivity index (χ0) is 9.78. The molecule has 0 bridgehead atoms. The van der Waals surface area contributed by atoms with Crippen LogP contribution in [0.15, 0.2) is 0 Å². The lowest BCUT2D eigenvalue weighted by Gasteiger charge is -2.14. The number of carbonyl (C=O) groups is 1. The third-order valence-corrected chi connectivity index (χ3v) is 3.30. The van der Waals surface area contributed by atoms with E-state index >= 15 is 0 Å². The molecule has 0 aliphatic rings. The summed E-state index contributed by atoms with van der Waals surface area (Å²) in [5, 5.41) is 0. The van der Waals surface area contributed by atoms with Crippen molar-refractivity contribution in [1.29, 1.82) is 0 Å². The Labute approximate surface area is 72.1 Å². The van der Waals surface area contributed by atoms with Crippen LogP contribution in [0.1, 0.15) is 33.1 Å². The Kier molecular flexibility index (Phi) is 4.68. The monoisotopic (exact) mass is 194 g/mol. The molecular formula is C7H15O4P. The minimum Gasteiger partial charge on any atom is -0.324 e. The third kappa shape index (κ3) is 4.00. The van der Waals surface area contributed by atoms with Crippen molar-refractivity contribution in [2.75, 3.05) is 0 Å². The lowest BCUT2D eigenvalue weighted by Crippen LogP contribution is -2.12. The van der Waals surface area contributed by atoms with Gasteiger partial charge in [-0.25, -0.2) is 0 Å². The van der Waals surface area contributed by atoms with Gasteiger partial charge in [0, 0.05) is 12.8 Å². The Balaban J connectivity index is 4.19. The van der Waals surface area contributed by atoms with E-state index in [1.165, 1.54) is 0 Å². The van der Waals surface area contributed by atoms with Gasteiger partial charge in [-0.3, -0.25) is 9.36 Å². The van der Waals surface area contributed by atoms with Crippen molar-refractivity contribution < 1.29 is 19.1 Å². The average Bonchev–Trinajstić information content (AvgIpc) is 1.97. The molecule has 0 spiro atoms. The summed E-state index contributed by atoms with van der Waals surface area (Å²) in [5.74, 6) is -0.0924.